The third-order valence-electron chi connectivity index (χ3n) is 13.0. The number of carbonyl (C=O) groups excluding carboxylic acids is 3. The number of likely N-dealkylation sites (tertiary alicyclic amines) is 2. The number of imidazole rings is 2. The molecule has 340 valence electrons. The van der Waals surface area contributed by atoms with Crippen LogP contribution in [0.5, 0.6) is 5.75 Å². The van der Waals surface area contributed by atoms with Crippen LogP contribution in [-0.2, 0) is 35.1 Å². The highest BCUT2D eigenvalue weighted by Gasteiger charge is 2.42. The lowest BCUT2D eigenvalue weighted by molar-refractivity contribution is -0.149. The summed E-state index contributed by atoms with van der Waals surface area (Å²) < 4.78 is 27.3. The number of methoxy groups -OCH3 is 4. The maximum atomic E-state index is 14.1. The monoisotopic (exact) mass is 886 g/mol. The number of carbonyl (C=O) groups is 3. The van der Waals surface area contributed by atoms with Crippen molar-refractivity contribution in [3.8, 4) is 28.1 Å². The van der Waals surface area contributed by atoms with Crippen molar-refractivity contribution in [3.63, 3.8) is 0 Å². The number of H-pyrrole nitrogens is 2. The molecule has 9 rings (SSSR count). The first kappa shape index (κ1) is 43.9. The van der Waals surface area contributed by atoms with E-state index in [1.807, 2.05) is 42.5 Å². The van der Waals surface area contributed by atoms with E-state index in [2.05, 4.69) is 50.9 Å². The summed E-state index contributed by atoms with van der Waals surface area (Å²) in [5, 5.41) is 17.7. The first-order chi connectivity index (χ1) is 31.6. The third-order valence-corrected chi connectivity index (χ3v) is 13.0. The second-order valence-corrected chi connectivity index (χ2v) is 16.9. The highest BCUT2D eigenvalue weighted by Crippen LogP contribution is 2.44. The van der Waals surface area contributed by atoms with Gasteiger partial charge in [0, 0.05) is 51.3 Å². The number of aliphatic hydroxyl groups excluding tert-OH is 1. The molecule has 0 radical (unpaired) electrons. The molecular formula is C48H54N8O9. The zero-order valence-electron chi connectivity index (χ0n) is 37.0. The van der Waals surface area contributed by atoms with Crippen LogP contribution < -0.4 is 15.4 Å². The predicted molar refractivity (Wildman–Crippen MR) is 240 cm³/mol. The van der Waals surface area contributed by atoms with E-state index in [4.69, 9.17) is 33.7 Å². The molecule has 2 fully saturated rings. The van der Waals surface area contributed by atoms with Crippen LogP contribution in [-0.4, -0.2) is 119 Å². The lowest BCUT2D eigenvalue weighted by atomic mass is 9.92. The number of hydrogen-bond acceptors (Lipinski definition) is 12. The van der Waals surface area contributed by atoms with Gasteiger partial charge >= 0.3 is 6.09 Å². The Kier molecular flexibility index (Phi) is 12.6. The van der Waals surface area contributed by atoms with Crippen LogP contribution in [0.1, 0.15) is 67.1 Å². The molecule has 6 aromatic rings. The summed E-state index contributed by atoms with van der Waals surface area (Å²) in [6.07, 6.45) is 1.38. The molecule has 7 atom stereocenters. The Balaban J connectivity index is 0.965. The van der Waals surface area contributed by atoms with Crippen LogP contribution >= 0.6 is 0 Å². The van der Waals surface area contributed by atoms with Gasteiger partial charge in [-0.3, -0.25) is 14.9 Å². The molecule has 17 heteroatoms. The van der Waals surface area contributed by atoms with Crippen molar-refractivity contribution in [2.24, 2.45) is 5.92 Å². The van der Waals surface area contributed by atoms with Gasteiger partial charge in [0.15, 0.2) is 0 Å². The van der Waals surface area contributed by atoms with Crippen LogP contribution in [0.2, 0.25) is 0 Å². The van der Waals surface area contributed by atoms with Gasteiger partial charge in [0.05, 0.1) is 54.8 Å². The molecule has 0 aliphatic carbocycles. The van der Waals surface area contributed by atoms with E-state index in [-0.39, 0.29) is 29.8 Å². The van der Waals surface area contributed by atoms with E-state index in [1.165, 1.54) is 21.3 Å². The number of hydrogen-bond donors (Lipinski definition) is 5. The molecule has 17 nitrogen and oxygen atoms in total. The number of aliphatic hydroxyl groups is 1. The molecule has 3 aliphatic heterocycles. The number of aromatic nitrogens is 4. The summed E-state index contributed by atoms with van der Waals surface area (Å²) in [7, 11) is 5.81. The Morgan fingerprint density at radius 3 is 2.52 bits per heavy atom. The Hall–Kier alpha value is -6.37. The Morgan fingerprint density at radius 2 is 1.75 bits per heavy atom. The van der Waals surface area contributed by atoms with Crippen LogP contribution in [0.3, 0.4) is 0 Å². The van der Waals surface area contributed by atoms with Gasteiger partial charge in [-0.15, -0.1) is 0 Å². The normalized spacial score (nSPS) is 19.9. The molecule has 0 spiro atoms. The Morgan fingerprint density at radius 1 is 0.923 bits per heavy atom. The number of amides is 3. The van der Waals surface area contributed by atoms with E-state index in [1.54, 1.807) is 30.0 Å². The molecule has 2 saturated heterocycles. The number of nitrogens with one attached hydrogen (secondary N) is 4. The SMILES string of the molecule is COC[C@H]1C[C@@H](c2ncc(-c3ccc4c(c3)COc3cc5c(ccc6[nH]c([C@@H]7CCCN7C(=O)[C@H](NC(=O)OC)c7ccccc7)nc65)cc3-4)[nH]2)N(C(=O)[C@@H](NC(O)OC)[C@@H](C)OC)C1. The summed E-state index contributed by atoms with van der Waals surface area (Å²) in [6.45, 7) is 3.59. The highest BCUT2D eigenvalue weighted by molar-refractivity contribution is 6.07. The summed E-state index contributed by atoms with van der Waals surface area (Å²) in [6, 6.07) is 21.3. The quantitative estimate of drug-likeness (QED) is 0.0814. The molecule has 2 aromatic heterocycles. The van der Waals surface area contributed by atoms with Gasteiger partial charge in [-0.25, -0.2) is 14.8 Å². The van der Waals surface area contributed by atoms with Crippen LogP contribution in [0, 0.1) is 5.92 Å². The fourth-order valence-corrected chi connectivity index (χ4v) is 9.60. The average Bonchev–Trinajstić information content (AvgIpc) is 4.18. The lowest BCUT2D eigenvalue weighted by Crippen LogP contribution is -2.55. The van der Waals surface area contributed by atoms with Gasteiger partial charge in [-0.1, -0.05) is 48.5 Å². The van der Waals surface area contributed by atoms with E-state index < -0.39 is 30.7 Å². The zero-order valence-corrected chi connectivity index (χ0v) is 37.0. The molecule has 5 heterocycles. The van der Waals surface area contributed by atoms with E-state index in [0.29, 0.717) is 49.9 Å². The third kappa shape index (κ3) is 8.53. The molecule has 3 amide bonds. The molecule has 1 unspecified atom stereocenters. The number of rotatable bonds is 14. The largest absolute Gasteiger partial charge is 0.488 e. The second kappa shape index (κ2) is 18.6. The number of ether oxygens (including phenoxy) is 5. The summed E-state index contributed by atoms with van der Waals surface area (Å²) >= 11 is 0. The van der Waals surface area contributed by atoms with E-state index in [9.17, 15) is 19.5 Å². The van der Waals surface area contributed by atoms with Crippen molar-refractivity contribution >= 4 is 39.7 Å². The van der Waals surface area contributed by atoms with Crippen LogP contribution in [0.15, 0.2) is 79.0 Å². The average molecular weight is 887 g/mol. The van der Waals surface area contributed by atoms with Gasteiger partial charge in [-0.05, 0) is 78.1 Å². The molecule has 0 bridgehead atoms. The van der Waals surface area contributed by atoms with Gasteiger partial charge in [0.25, 0.3) is 5.91 Å². The highest BCUT2D eigenvalue weighted by atomic mass is 16.6. The topological polar surface area (TPSA) is 205 Å². The molecule has 0 saturated carbocycles. The van der Waals surface area contributed by atoms with Crippen molar-refractivity contribution < 1.29 is 43.2 Å². The standard InChI is InChI=1S/C48H54N8O9/c1-26(62-3)40(53-47(59)63-4)45(57)56-23-27(24-61-2)18-38(56)43-49-22-36(51-43)30-13-15-32-31(19-30)25-65-39-21-33-29(20-34(32)39)14-16-35-42(33)52-44(50-35)37-12-9-17-55(37)46(58)41(54-48(60)64-5)28-10-7-6-8-11-28/h6-8,10-11,13-16,19-22,26-27,37-38,40-41,47,53,59H,9,12,17-18,23-25H2,1-5H3,(H,49,51)(H,50,52)(H,54,60)/t26-,27+,37+,38+,40+,41-,47?/m1/s1. The minimum atomic E-state index is -1.35. The predicted octanol–water partition coefficient (Wildman–Crippen LogP) is 5.88. The fourth-order valence-electron chi connectivity index (χ4n) is 9.60. The van der Waals surface area contributed by atoms with Crippen molar-refractivity contribution in [1.29, 1.82) is 0 Å². The smallest absolute Gasteiger partial charge is 0.407 e. The second-order valence-electron chi connectivity index (χ2n) is 16.9. The van der Waals surface area contributed by atoms with Crippen molar-refractivity contribution in [1.82, 2.24) is 40.4 Å². The number of fused-ring (bicyclic) bond motifs is 6. The zero-order chi connectivity index (χ0) is 45.4. The summed E-state index contributed by atoms with van der Waals surface area (Å²) in [4.78, 5) is 61.1. The van der Waals surface area contributed by atoms with Gasteiger partial charge in [0.1, 0.15) is 36.1 Å². The summed E-state index contributed by atoms with van der Waals surface area (Å²) in [5.74, 6) is 1.71. The molecular weight excluding hydrogens is 833 g/mol. The van der Waals surface area contributed by atoms with Crippen LogP contribution in [0.4, 0.5) is 4.79 Å². The van der Waals surface area contributed by atoms with Crippen LogP contribution in [0.25, 0.3) is 44.2 Å². The minimum Gasteiger partial charge on any atom is -0.488 e. The van der Waals surface area contributed by atoms with Crippen molar-refractivity contribution in [2.75, 3.05) is 48.1 Å². The van der Waals surface area contributed by atoms with Gasteiger partial charge in [0.2, 0.25) is 12.3 Å². The maximum Gasteiger partial charge on any atom is 0.407 e. The van der Waals surface area contributed by atoms with Gasteiger partial charge < -0.3 is 53.9 Å². The number of alkyl carbamates (subject to hydrolysis) is 1. The first-order valence-electron chi connectivity index (χ1n) is 21.9. The molecule has 3 aliphatic rings. The molecule has 4 aromatic carbocycles. The molecule has 5 N–H and O–H groups in total. The summed E-state index contributed by atoms with van der Waals surface area (Å²) in [5.41, 5.74) is 7.09. The minimum absolute atomic E-state index is 0.0846. The van der Waals surface area contributed by atoms with Gasteiger partial charge in [-0.2, -0.15) is 0 Å². The number of benzene rings is 4. The maximum absolute atomic E-state index is 14.1. The Labute approximate surface area is 375 Å². The first-order valence-corrected chi connectivity index (χ1v) is 21.9. The van der Waals surface area contributed by atoms with Crippen molar-refractivity contribution in [2.45, 2.75) is 69.5 Å². The number of aromatic amines is 2. The van der Waals surface area contributed by atoms with E-state index in [0.717, 1.165) is 68.3 Å². The Bertz CT molecular complexity index is 2710. The molecule has 65 heavy (non-hydrogen) atoms. The number of nitrogens with zero attached hydrogens (tertiary/aromatic N) is 4. The lowest BCUT2D eigenvalue weighted by Gasteiger charge is -2.32. The van der Waals surface area contributed by atoms with E-state index >= 15 is 0 Å². The fraction of sp³-hybridized carbons (Fsp3) is 0.396. The van der Waals surface area contributed by atoms with Crippen molar-refractivity contribution in [3.05, 3.63) is 102 Å².